The lowest BCUT2D eigenvalue weighted by atomic mass is 9.82. The van der Waals surface area contributed by atoms with Crippen molar-refractivity contribution >= 4 is 32.6 Å². The largest absolute Gasteiger partial charge is 0.377 e. The van der Waals surface area contributed by atoms with Crippen molar-refractivity contribution < 1.29 is 8.42 Å². The van der Waals surface area contributed by atoms with Gasteiger partial charge in [-0.1, -0.05) is 36.4 Å². The van der Waals surface area contributed by atoms with Crippen molar-refractivity contribution in [2.75, 3.05) is 32.1 Å². The van der Waals surface area contributed by atoms with Crippen LogP contribution in [0.5, 0.6) is 0 Å². The molecule has 33 heavy (non-hydrogen) atoms. The van der Waals surface area contributed by atoms with Gasteiger partial charge in [0.25, 0.3) is 5.56 Å². The highest BCUT2D eigenvalue weighted by Crippen LogP contribution is 2.40. The van der Waals surface area contributed by atoms with Gasteiger partial charge in [0, 0.05) is 67.9 Å². The van der Waals surface area contributed by atoms with E-state index in [1.165, 1.54) is 0 Å². The van der Waals surface area contributed by atoms with Crippen LogP contribution in [0.25, 0.3) is 16.8 Å². The topological polar surface area (TPSA) is 62.6 Å². The summed E-state index contributed by atoms with van der Waals surface area (Å²) in [6, 6.07) is 14.8. The van der Waals surface area contributed by atoms with Crippen LogP contribution >= 0.6 is 0 Å². The van der Waals surface area contributed by atoms with Crippen molar-refractivity contribution in [2.24, 2.45) is 5.92 Å². The molecule has 2 aromatic carbocycles. The first-order valence-electron chi connectivity index (χ1n) is 11.4. The molecule has 2 bridgehead atoms. The quantitative estimate of drug-likeness (QED) is 0.589. The maximum absolute atomic E-state index is 13.9. The summed E-state index contributed by atoms with van der Waals surface area (Å²) >= 11 is 0. The lowest BCUT2D eigenvalue weighted by Gasteiger charge is -2.42. The Kier molecular flexibility index (Phi) is 5.41. The fraction of sp³-hybridized carbons (Fsp3) is 0.346. The standard InChI is InChI=1S/C26H29N3O3S/c1-4-7-19-12-13-25(30)29-16-18-14-20(26(19)29)17-28(15-18)33(31,32)24-11-6-8-21-22(24)9-5-10-23(21)27(2)3/h4-13,18,20H,14-17H2,1-3H3/b7-4+/t18-,20+/m0/s1. The number of aromatic nitrogens is 1. The van der Waals surface area contributed by atoms with Crippen LogP contribution in [0.2, 0.25) is 0 Å². The van der Waals surface area contributed by atoms with Crippen molar-refractivity contribution in [3.63, 3.8) is 0 Å². The molecule has 0 amide bonds. The molecule has 1 saturated heterocycles. The second-order valence-corrected chi connectivity index (χ2v) is 11.2. The van der Waals surface area contributed by atoms with Crippen molar-refractivity contribution in [2.45, 2.75) is 30.7 Å². The van der Waals surface area contributed by atoms with Crippen LogP contribution in [0, 0.1) is 5.92 Å². The molecule has 2 aliphatic heterocycles. The third-order valence-corrected chi connectivity index (χ3v) is 8.78. The Morgan fingerprint density at radius 1 is 0.970 bits per heavy atom. The predicted molar refractivity (Wildman–Crippen MR) is 133 cm³/mol. The Morgan fingerprint density at radius 2 is 1.73 bits per heavy atom. The van der Waals surface area contributed by atoms with Gasteiger partial charge in [-0.3, -0.25) is 4.79 Å². The Balaban J connectivity index is 1.59. The minimum absolute atomic E-state index is 0.000289. The zero-order valence-corrected chi connectivity index (χ0v) is 20.0. The van der Waals surface area contributed by atoms with Gasteiger partial charge in [-0.15, -0.1) is 0 Å². The minimum Gasteiger partial charge on any atom is -0.377 e. The summed E-state index contributed by atoms with van der Waals surface area (Å²) in [7, 11) is 0.222. The summed E-state index contributed by atoms with van der Waals surface area (Å²) in [6.45, 7) is 3.33. The average Bonchev–Trinajstić information content (AvgIpc) is 2.80. The van der Waals surface area contributed by atoms with Crippen LogP contribution in [0.3, 0.4) is 0 Å². The number of sulfonamides is 1. The summed E-state index contributed by atoms with van der Waals surface area (Å²) in [5, 5.41) is 1.67. The molecule has 5 rings (SSSR count). The molecule has 0 saturated carbocycles. The van der Waals surface area contributed by atoms with Crippen LogP contribution < -0.4 is 10.5 Å². The van der Waals surface area contributed by atoms with Gasteiger partial charge in [-0.2, -0.15) is 4.31 Å². The molecule has 6 nitrogen and oxygen atoms in total. The number of fused-ring (bicyclic) bond motifs is 5. The molecule has 2 atom stereocenters. The van der Waals surface area contributed by atoms with Crippen LogP contribution in [0.15, 0.2) is 64.3 Å². The summed E-state index contributed by atoms with van der Waals surface area (Å²) in [4.78, 5) is 14.9. The minimum atomic E-state index is -3.70. The highest BCUT2D eigenvalue weighted by Gasteiger charge is 2.40. The first kappa shape index (κ1) is 21.9. The molecular weight excluding hydrogens is 434 g/mol. The van der Waals surface area contributed by atoms with Crippen LogP contribution in [0.1, 0.15) is 30.5 Å². The number of piperidine rings is 1. The number of hydrogen-bond donors (Lipinski definition) is 0. The SMILES string of the molecule is C/C=C/c1ccc(=O)n2c1[C@@H]1C[C@@H](CN(S(=O)(=O)c3cccc4c(N(C)C)cccc34)C1)C2. The van der Waals surface area contributed by atoms with E-state index in [0.717, 1.165) is 34.1 Å². The molecule has 3 heterocycles. The lowest BCUT2D eigenvalue weighted by Crippen LogP contribution is -2.49. The number of anilines is 1. The molecule has 0 aliphatic carbocycles. The molecule has 1 aromatic heterocycles. The molecule has 0 radical (unpaired) electrons. The van der Waals surface area contributed by atoms with Gasteiger partial charge >= 0.3 is 0 Å². The number of hydrogen-bond acceptors (Lipinski definition) is 4. The van der Waals surface area contributed by atoms with Crippen LogP contribution in [-0.2, 0) is 16.6 Å². The number of nitrogens with zero attached hydrogens (tertiary/aromatic N) is 3. The van der Waals surface area contributed by atoms with Gasteiger partial charge in [0.05, 0.1) is 4.90 Å². The van der Waals surface area contributed by atoms with Crippen LogP contribution in [-0.4, -0.2) is 44.5 Å². The van der Waals surface area contributed by atoms with Gasteiger partial charge in [0.1, 0.15) is 0 Å². The van der Waals surface area contributed by atoms with E-state index in [0.29, 0.717) is 24.5 Å². The predicted octanol–water partition coefficient (Wildman–Crippen LogP) is 3.91. The summed E-state index contributed by atoms with van der Waals surface area (Å²) in [6.07, 6.45) is 4.87. The highest BCUT2D eigenvalue weighted by molar-refractivity contribution is 7.89. The third kappa shape index (κ3) is 3.60. The normalized spacial score (nSPS) is 20.8. The third-order valence-electron chi connectivity index (χ3n) is 6.89. The average molecular weight is 464 g/mol. The molecule has 3 aromatic rings. The van der Waals surface area contributed by atoms with E-state index in [1.807, 2.05) is 79.0 Å². The van der Waals surface area contributed by atoms with E-state index in [-0.39, 0.29) is 17.4 Å². The second-order valence-electron chi connectivity index (χ2n) is 9.27. The Hall–Kier alpha value is -2.90. The van der Waals surface area contributed by atoms with E-state index < -0.39 is 10.0 Å². The Bertz CT molecular complexity index is 1420. The highest BCUT2D eigenvalue weighted by atomic mass is 32.2. The summed E-state index contributed by atoms with van der Waals surface area (Å²) in [5.74, 6) is 0.122. The van der Waals surface area contributed by atoms with E-state index in [9.17, 15) is 13.2 Å². The van der Waals surface area contributed by atoms with Gasteiger partial charge in [-0.05, 0) is 43.0 Å². The number of allylic oxidation sites excluding steroid dienone is 1. The van der Waals surface area contributed by atoms with Crippen molar-refractivity contribution in [3.05, 3.63) is 76.2 Å². The first-order chi connectivity index (χ1) is 15.8. The van der Waals surface area contributed by atoms with E-state index in [2.05, 4.69) is 0 Å². The zero-order chi connectivity index (χ0) is 23.3. The van der Waals surface area contributed by atoms with Gasteiger partial charge < -0.3 is 9.47 Å². The molecule has 0 unspecified atom stereocenters. The Labute approximate surface area is 194 Å². The van der Waals surface area contributed by atoms with E-state index >= 15 is 0 Å². The Morgan fingerprint density at radius 3 is 2.48 bits per heavy atom. The van der Waals surface area contributed by atoms with Crippen molar-refractivity contribution in [3.8, 4) is 0 Å². The van der Waals surface area contributed by atoms with Crippen molar-refractivity contribution in [1.82, 2.24) is 8.87 Å². The lowest BCUT2D eigenvalue weighted by molar-refractivity contribution is 0.186. The van der Waals surface area contributed by atoms with Gasteiger partial charge in [0.15, 0.2) is 0 Å². The summed E-state index contributed by atoms with van der Waals surface area (Å²) in [5.41, 5.74) is 2.95. The second kappa shape index (κ2) is 8.15. The molecule has 0 spiro atoms. The fourth-order valence-corrected chi connectivity index (χ4v) is 7.31. The molecule has 172 valence electrons. The summed E-state index contributed by atoms with van der Waals surface area (Å²) < 4.78 is 31.4. The smallest absolute Gasteiger partial charge is 0.250 e. The fourth-order valence-electron chi connectivity index (χ4n) is 5.54. The zero-order valence-electron chi connectivity index (χ0n) is 19.2. The number of pyridine rings is 1. The van der Waals surface area contributed by atoms with Crippen LogP contribution in [0.4, 0.5) is 5.69 Å². The molecule has 1 fully saturated rings. The molecule has 7 heteroatoms. The number of rotatable bonds is 4. The van der Waals surface area contributed by atoms with Gasteiger partial charge in [0.2, 0.25) is 10.0 Å². The maximum atomic E-state index is 13.9. The molecular formula is C26H29N3O3S. The molecule has 0 N–H and O–H groups in total. The van der Waals surface area contributed by atoms with Crippen molar-refractivity contribution in [1.29, 1.82) is 0 Å². The molecule has 2 aliphatic rings. The number of benzene rings is 2. The van der Waals surface area contributed by atoms with E-state index in [1.54, 1.807) is 16.4 Å². The monoisotopic (exact) mass is 463 g/mol. The first-order valence-corrected chi connectivity index (χ1v) is 12.8. The maximum Gasteiger partial charge on any atom is 0.250 e. The van der Waals surface area contributed by atoms with Gasteiger partial charge in [-0.25, -0.2) is 8.42 Å². The van der Waals surface area contributed by atoms with E-state index in [4.69, 9.17) is 0 Å².